The Bertz CT molecular complexity index is 963. The van der Waals surface area contributed by atoms with Gasteiger partial charge in [0.05, 0.1) is 0 Å². The molecule has 0 aromatic heterocycles. The SMILES string of the molecule is C/C=C/CCc1ccc(-c2ccc3c(F)c(C=C(F)F)ccc3c2)cc1. The van der Waals surface area contributed by atoms with Gasteiger partial charge in [-0.2, -0.15) is 8.78 Å². The zero-order valence-corrected chi connectivity index (χ0v) is 14.5. The quantitative estimate of drug-likeness (QED) is 0.420. The van der Waals surface area contributed by atoms with Gasteiger partial charge in [-0.3, -0.25) is 0 Å². The second kappa shape index (κ2) is 8.05. The Balaban J connectivity index is 1.90. The summed E-state index contributed by atoms with van der Waals surface area (Å²) in [6, 6.07) is 16.7. The van der Waals surface area contributed by atoms with Gasteiger partial charge in [-0.1, -0.05) is 60.7 Å². The Morgan fingerprint density at radius 2 is 1.65 bits per heavy atom. The zero-order chi connectivity index (χ0) is 18.5. The molecule has 0 nitrogen and oxygen atoms in total. The Morgan fingerprint density at radius 1 is 0.923 bits per heavy atom. The average molecular weight is 352 g/mol. The molecule has 0 bridgehead atoms. The van der Waals surface area contributed by atoms with Crippen LogP contribution in [0.15, 0.2) is 72.8 Å². The van der Waals surface area contributed by atoms with Gasteiger partial charge in [-0.05, 0) is 47.9 Å². The van der Waals surface area contributed by atoms with E-state index in [4.69, 9.17) is 0 Å². The molecule has 0 aliphatic carbocycles. The molecule has 3 aromatic carbocycles. The number of halogens is 3. The summed E-state index contributed by atoms with van der Waals surface area (Å²) < 4.78 is 39.2. The van der Waals surface area contributed by atoms with Gasteiger partial charge in [-0.15, -0.1) is 0 Å². The molecule has 132 valence electrons. The number of hydrogen-bond donors (Lipinski definition) is 0. The standard InChI is InChI=1S/C23H19F3/c1-2-3-4-5-16-6-8-17(9-7-16)18-12-13-21-19(14-18)10-11-20(23(21)26)15-22(24)25/h2-3,6-15H,4-5H2,1H3/b3-2+. The summed E-state index contributed by atoms with van der Waals surface area (Å²) in [4.78, 5) is 0. The molecule has 0 aliphatic rings. The van der Waals surface area contributed by atoms with E-state index in [9.17, 15) is 13.2 Å². The maximum Gasteiger partial charge on any atom is 0.271 e. The van der Waals surface area contributed by atoms with Crippen LogP contribution < -0.4 is 0 Å². The summed E-state index contributed by atoms with van der Waals surface area (Å²) in [6.45, 7) is 2.01. The smallest absolute Gasteiger partial charge is 0.206 e. The van der Waals surface area contributed by atoms with Crippen LogP contribution in [0, 0.1) is 5.82 Å². The third-order valence-corrected chi connectivity index (χ3v) is 4.37. The number of benzene rings is 3. The maximum absolute atomic E-state index is 14.4. The largest absolute Gasteiger partial charge is 0.271 e. The van der Waals surface area contributed by atoms with Crippen molar-refractivity contribution in [1.82, 2.24) is 0 Å². The van der Waals surface area contributed by atoms with Crippen molar-refractivity contribution in [3.8, 4) is 11.1 Å². The number of rotatable bonds is 5. The number of aryl methyl sites for hydroxylation is 1. The lowest BCUT2D eigenvalue weighted by Crippen LogP contribution is -1.88. The fourth-order valence-corrected chi connectivity index (χ4v) is 3.00. The average Bonchev–Trinajstić information content (AvgIpc) is 2.64. The highest BCUT2D eigenvalue weighted by molar-refractivity contribution is 5.89. The highest BCUT2D eigenvalue weighted by Crippen LogP contribution is 2.28. The molecule has 0 radical (unpaired) electrons. The van der Waals surface area contributed by atoms with Crippen molar-refractivity contribution in [3.63, 3.8) is 0 Å². The molecule has 3 heteroatoms. The molecular weight excluding hydrogens is 333 g/mol. The van der Waals surface area contributed by atoms with E-state index in [1.165, 1.54) is 11.6 Å². The fraction of sp³-hybridized carbons (Fsp3) is 0.130. The third-order valence-electron chi connectivity index (χ3n) is 4.37. The molecular formula is C23H19F3. The summed E-state index contributed by atoms with van der Waals surface area (Å²) in [6.07, 6.45) is 4.84. The molecule has 3 rings (SSSR count). The molecule has 0 heterocycles. The van der Waals surface area contributed by atoms with Crippen LogP contribution >= 0.6 is 0 Å². The van der Waals surface area contributed by atoms with E-state index in [1.807, 2.05) is 25.1 Å². The summed E-state index contributed by atoms with van der Waals surface area (Å²) in [5.41, 5.74) is 3.18. The monoisotopic (exact) mass is 352 g/mol. The molecule has 0 atom stereocenters. The van der Waals surface area contributed by atoms with Crippen LogP contribution in [-0.2, 0) is 6.42 Å². The number of hydrogen-bond acceptors (Lipinski definition) is 0. The van der Waals surface area contributed by atoms with Crippen molar-refractivity contribution < 1.29 is 13.2 Å². The molecule has 0 unspecified atom stereocenters. The summed E-state index contributed by atoms with van der Waals surface area (Å²) in [5.74, 6) is -0.624. The highest BCUT2D eigenvalue weighted by Gasteiger charge is 2.08. The van der Waals surface area contributed by atoms with Crippen LogP contribution in [0.5, 0.6) is 0 Å². The zero-order valence-electron chi connectivity index (χ0n) is 14.5. The second-order valence-corrected chi connectivity index (χ2v) is 6.14. The van der Waals surface area contributed by atoms with E-state index >= 15 is 0 Å². The van der Waals surface area contributed by atoms with Gasteiger partial charge >= 0.3 is 0 Å². The van der Waals surface area contributed by atoms with Gasteiger partial charge in [0.2, 0.25) is 0 Å². The predicted molar refractivity (Wildman–Crippen MR) is 103 cm³/mol. The van der Waals surface area contributed by atoms with Crippen LogP contribution in [0.3, 0.4) is 0 Å². The first-order valence-electron chi connectivity index (χ1n) is 8.54. The van der Waals surface area contributed by atoms with E-state index < -0.39 is 11.9 Å². The summed E-state index contributed by atoms with van der Waals surface area (Å²) in [7, 11) is 0. The van der Waals surface area contributed by atoms with E-state index in [1.54, 1.807) is 12.1 Å². The second-order valence-electron chi connectivity index (χ2n) is 6.14. The normalized spacial score (nSPS) is 11.2. The lowest BCUT2D eigenvalue weighted by atomic mass is 9.98. The van der Waals surface area contributed by atoms with Crippen molar-refractivity contribution >= 4 is 16.8 Å². The van der Waals surface area contributed by atoms with Crippen LogP contribution in [-0.4, -0.2) is 0 Å². The van der Waals surface area contributed by atoms with E-state index in [0.29, 0.717) is 16.8 Å². The van der Waals surface area contributed by atoms with Gasteiger partial charge in [-0.25, -0.2) is 4.39 Å². The summed E-state index contributed by atoms with van der Waals surface area (Å²) in [5, 5.41) is 1.03. The molecule has 0 aliphatic heterocycles. The van der Waals surface area contributed by atoms with Crippen molar-refractivity contribution in [2.75, 3.05) is 0 Å². The van der Waals surface area contributed by atoms with Crippen molar-refractivity contribution in [2.45, 2.75) is 19.8 Å². The Labute approximate surface area is 151 Å². The van der Waals surface area contributed by atoms with Crippen LogP contribution in [0.4, 0.5) is 13.2 Å². The third kappa shape index (κ3) is 4.05. The maximum atomic E-state index is 14.4. The molecule has 0 spiro atoms. The van der Waals surface area contributed by atoms with Crippen molar-refractivity contribution in [2.24, 2.45) is 0 Å². The Kier molecular flexibility index (Phi) is 5.57. The van der Waals surface area contributed by atoms with Gasteiger partial charge in [0, 0.05) is 17.0 Å². The minimum absolute atomic E-state index is 0.101. The van der Waals surface area contributed by atoms with Crippen molar-refractivity contribution in [3.05, 3.63) is 89.8 Å². The first-order chi connectivity index (χ1) is 12.6. The van der Waals surface area contributed by atoms with E-state index in [2.05, 4.69) is 30.3 Å². The van der Waals surface area contributed by atoms with Crippen LogP contribution in [0.2, 0.25) is 0 Å². The molecule has 3 aromatic rings. The molecule has 0 N–H and O–H groups in total. The summed E-state index contributed by atoms with van der Waals surface area (Å²) >= 11 is 0. The highest BCUT2D eigenvalue weighted by atomic mass is 19.3. The molecule has 0 fully saturated rings. The molecule has 0 saturated carbocycles. The Hall–Kier alpha value is -2.81. The Morgan fingerprint density at radius 3 is 2.35 bits per heavy atom. The van der Waals surface area contributed by atoms with Gasteiger partial charge in [0.25, 0.3) is 6.08 Å². The van der Waals surface area contributed by atoms with Crippen LogP contribution in [0.1, 0.15) is 24.5 Å². The number of fused-ring (bicyclic) bond motifs is 1. The first kappa shape index (κ1) is 18.0. The number of allylic oxidation sites excluding steroid dienone is 2. The predicted octanol–water partition coefficient (Wildman–Crippen LogP) is 7.39. The topological polar surface area (TPSA) is 0 Å². The van der Waals surface area contributed by atoms with E-state index in [0.717, 1.165) is 24.0 Å². The van der Waals surface area contributed by atoms with Gasteiger partial charge in [0.1, 0.15) is 5.82 Å². The molecule has 26 heavy (non-hydrogen) atoms. The molecule has 0 amide bonds. The minimum Gasteiger partial charge on any atom is -0.206 e. The first-order valence-corrected chi connectivity index (χ1v) is 8.54. The van der Waals surface area contributed by atoms with E-state index in [-0.39, 0.29) is 5.56 Å². The van der Waals surface area contributed by atoms with Crippen LogP contribution in [0.25, 0.3) is 28.0 Å². The fourth-order valence-electron chi connectivity index (χ4n) is 3.00. The molecule has 0 saturated heterocycles. The van der Waals surface area contributed by atoms with Gasteiger partial charge in [0.15, 0.2) is 0 Å². The minimum atomic E-state index is -1.91. The van der Waals surface area contributed by atoms with Gasteiger partial charge < -0.3 is 0 Å². The lowest BCUT2D eigenvalue weighted by molar-refractivity contribution is 0.429. The lowest BCUT2D eigenvalue weighted by Gasteiger charge is -2.08. The van der Waals surface area contributed by atoms with Crippen molar-refractivity contribution in [1.29, 1.82) is 0 Å².